The predicted octanol–water partition coefficient (Wildman–Crippen LogP) is 5.74. The first-order valence-electron chi connectivity index (χ1n) is 11.0. The van der Waals surface area contributed by atoms with Crippen LogP contribution in [0.4, 0.5) is 8.78 Å². The molecule has 5 heteroatoms. The number of benzene rings is 3. The van der Waals surface area contributed by atoms with Gasteiger partial charge in [-0.2, -0.15) is 0 Å². The van der Waals surface area contributed by atoms with Gasteiger partial charge in [0, 0.05) is 23.6 Å². The normalized spacial score (nSPS) is 15.1. The van der Waals surface area contributed by atoms with Crippen molar-refractivity contribution in [3.63, 3.8) is 0 Å². The predicted molar refractivity (Wildman–Crippen MR) is 121 cm³/mol. The van der Waals surface area contributed by atoms with E-state index in [4.69, 9.17) is 4.74 Å². The zero-order chi connectivity index (χ0) is 22.3. The van der Waals surface area contributed by atoms with Crippen LogP contribution in [0.15, 0.2) is 72.8 Å². The number of hydrogen-bond donors (Lipinski definition) is 0. The Morgan fingerprint density at radius 3 is 2.25 bits per heavy atom. The lowest BCUT2D eigenvalue weighted by molar-refractivity contribution is 0.0702. The van der Waals surface area contributed by atoms with E-state index in [2.05, 4.69) is 4.90 Å². The van der Waals surface area contributed by atoms with Crippen LogP contribution in [0.3, 0.4) is 0 Å². The molecular weight excluding hydrogens is 408 g/mol. The van der Waals surface area contributed by atoms with E-state index in [-0.39, 0.29) is 23.3 Å². The number of piperidine rings is 1. The summed E-state index contributed by atoms with van der Waals surface area (Å²) in [6.07, 6.45) is 1.60. The fraction of sp³-hybridized carbons (Fsp3) is 0.296. The van der Waals surface area contributed by atoms with Crippen LogP contribution in [-0.4, -0.2) is 36.9 Å². The minimum atomic E-state index is -0.326. The molecule has 0 radical (unpaired) electrons. The topological polar surface area (TPSA) is 29.5 Å². The summed E-state index contributed by atoms with van der Waals surface area (Å²) in [4.78, 5) is 14.9. The van der Waals surface area contributed by atoms with Crippen molar-refractivity contribution >= 4 is 5.78 Å². The number of halogens is 2. The average Bonchev–Trinajstić information content (AvgIpc) is 2.83. The molecule has 0 atom stereocenters. The molecule has 0 amide bonds. The second kappa shape index (κ2) is 10.6. The molecule has 3 aromatic rings. The molecule has 1 saturated heterocycles. The highest BCUT2D eigenvalue weighted by atomic mass is 19.1. The van der Waals surface area contributed by atoms with Crippen molar-refractivity contribution in [3.8, 4) is 11.1 Å². The van der Waals surface area contributed by atoms with Gasteiger partial charge in [-0.15, -0.1) is 0 Å². The smallest absolute Gasteiger partial charge is 0.166 e. The Morgan fingerprint density at radius 2 is 1.53 bits per heavy atom. The molecule has 3 aromatic carbocycles. The maximum Gasteiger partial charge on any atom is 0.166 e. The summed E-state index contributed by atoms with van der Waals surface area (Å²) in [5, 5.41) is 0. The quantitative estimate of drug-likeness (QED) is 0.334. The summed E-state index contributed by atoms with van der Waals surface area (Å²) < 4.78 is 33.2. The second-order valence-corrected chi connectivity index (χ2v) is 8.18. The van der Waals surface area contributed by atoms with Crippen LogP contribution < -0.4 is 0 Å². The van der Waals surface area contributed by atoms with Gasteiger partial charge in [0.25, 0.3) is 0 Å². The number of ether oxygens (including phenoxy) is 1. The molecule has 1 fully saturated rings. The zero-order valence-electron chi connectivity index (χ0n) is 18.0. The molecule has 1 aliphatic heterocycles. The maximum absolute atomic E-state index is 14.2. The summed E-state index contributed by atoms with van der Waals surface area (Å²) in [5.74, 6) is -0.471. The number of likely N-dealkylation sites (tertiary alicyclic amines) is 1. The summed E-state index contributed by atoms with van der Waals surface area (Å²) in [5.41, 5.74) is 2.98. The summed E-state index contributed by atoms with van der Waals surface area (Å²) in [6, 6.07) is 20.3. The van der Waals surface area contributed by atoms with E-state index in [1.807, 2.05) is 30.3 Å². The molecule has 1 heterocycles. The second-order valence-electron chi connectivity index (χ2n) is 8.18. The summed E-state index contributed by atoms with van der Waals surface area (Å²) in [6.45, 7) is 3.46. The molecule has 1 aliphatic rings. The van der Waals surface area contributed by atoms with Crippen molar-refractivity contribution in [1.29, 1.82) is 0 Å². The molecule has 0 bridgehead atoms. The van der Waals surface area contributed by atoms with Gasteiger partial charge in [0.2, 0.25) is 0 Å². The maximum atomic E-state index is 14.2. The highest BCUT2D eigenvalue weighted by molar-refractivity contribution is 5.97. The SMILES string of the molecule is O=C(c1ccc(F)cc1)C1CCN(CCOCc2ccccc2-c2ccccc2F)CC1. The van der Waals surface area contributed by atoms with E-state index in [9.17, 15) is 13.6 Å². The van der Waals surface area contributed by atoms with E-state index in [0.29, 0.717) is 24.3 Å². The largest absolute Gasteiger partial charge is 0.375 e. The Balaban J connectivity index is 1.24. The van der Waals surface area contributed by atoms with E-state index in [1.165, 1.54) is 18.2 Å². The van der Waals surface area contributed by atoms with Crippen molar-refractivity contribution < 1.29 is 18.3 Å². The van der Waals surface area contributed by atoms with Crippen LogP contribution >= 0.6 is 0 Å². The van der Waals surface area contributed by atoms with E-state index in [1.54, 1.807) is 24.3 Å². The van der Waals surface area contributed by atoms with Crippen LogP contribution in [0.5, 0.6) is 0 Å². The van der Waals surface area contributed by atoms with Gasteiger partial charge >= 0.3 is 0 Å². The number of carbonyl (C=O) groups excluding carboxylic acids is 1. The molecule has 32 heavy (non-hydrogen) atoms. The van der Waals surface area contributed by atoms with Crippen LogP contribution in [0.2, 0.25) is 0 Å². The molecular formula is C27H27F2NO2. The molecule has 166 valence electrons. The van der Waals surface area contributed by atoms with Gasteiger partial charge in [0.1, 0.15) is 11.6 Å². The Bertz CT molecular complexity index is 1040. The lowest BCUT2D eigenvalue weighted by Gasteiger charge is -2.31. The van der Waals surface area contributed by atoms with Crippen LogP contribution in [0.25, 0.3) is 11.1 Å². The van der Waals surface area contributed by atoms with Gasteiger partial charge < -0.3 is 9.64 Å². The molecule has 0 unspecified atom stereocenters. The Kier molecular flexibility index (Phi) is 7.40. The number of ketones is 1. The lowest BCUT2D eigenvalue weighted by atomic mass is 9.89. The third-order valence-electron chi connectivity index (χ3n) is 6.08. The van der Waals surface area contributed by atoms with Gasteiger partial charge in [-0.3, -0.25) is 4.79 Å². The molecule has 3 nitrogen and oxygen atoms in total. The zero-order valence-corrected chi connectivity index (χ0v) is 18.0. The third-order valence-corrected chi connectivity index (χ3v) is 6.08. The number of rotatable bonds is 8. The minimum Gasteiger partial charge on any atom is -0.375 e. The monoisotopic (exact) mass is 435 g/mol. The van der Waals surface area contributed by atoms with Crippen molar-refractivity contribution in [2.24, 2.45) is 5.92 Å². The Morgan fingerprint density at radius 1 is 0.875 bits per heavy atom. The van der Waals surface area contributed by atoms with Crippen molar-refractivity contribution in [2.75, 3.05) is 26.2 Å². The average molecular weight is 436 g/mol. The lowest BCUT2D eigenvalue weighted by Crippen LogP contribution is -2.38. The minimum absolute atomic E-state index is 0.00900. The molecule has 0 N–H and O–H groups in total. The third kappa shape index (κ3) is 5.47. The first-order chi connectivity index (χ1) is 15.6. The van der Waals surface area contributed by atoms with Crippen LogP contribution in [0.1, 0.15) is 28.8 Å². The Hall–Kier alpha value is -2.89. The Labute approximate surface area is 187 Å². The van der Waals surface area contributed by atoms with Crippen molar-refractivity contribution in [3.05, 3.63) is 95.6 Å². The number of hydrogen-bond acceptors (Lipinski definition) is 3. The van der Waals surface area contributed by atoms with Gasteiger partial charge in [-0.1, -0.05) is 42.5 Å². The molecule has 0 aromatic heterocycles. The first kappa shape index (κ1) is 22.3. The summed E-state index contributed by atoms with van der Waals surface area (Å²) in [7, 11) is 0. The van der Waals surface area contributed by atoms with Crippen molar-refractivity contribution in [1.82, 2.24) is 4.90 Å². The van der Waals surface area contributed by atoms with Crippen molar-refractivity contribution in [2.45, 2.75) is 19.4 Å². The highest BCUT2D eigenvalue weighted by Gasteiger charge is 2.25. The number of carbonyl (C=O) groups is 1. The number of nitrogens with zero attached hydrogens (tertiary/aromatic N) is 1. The van der Waals surface area contributed by atoms with E-state index in [0.717, 1.165) is 43.6 Å². The highest BCUT2D eigenvalue weighted by Crippen LogP contribution is 2.27. The summed E-state index contributed by atoms with van der Waals surface area (Å²) >= 11 is 0. The van der Waals surface area contributed by atoms with Gasteiger partial charge in [-0.05, 0) is 67.4 Å². The fourth-order valence-electron chi connectivity index (χ4n) is 4.23. The van der Waals surface area contributed by atoms with Crippen LogP contribution in [-0.2, 0) is 11.3 Å². The fourth-order valence-corrected chi connectivity index (χ4v) is 4.23. The molecule has 0 spiro atoms. The number of Topliss-reactive ketones (excluding diaryl/α,β-unsaturated/α-hetero) is 1. The van der Waals surface area contributed by atoms with E-state index < -0.39 is 0 Å². The van der Waals surface area contributed by atoms with Gasteiger partial charge in [0.15, 0.2) is 5.78 Å². The molecule has 0 aliphatic carbocycles. The first-order valence-corrected chi connectivity index (χ1v) is 11.0. The molecule has 0 saturated carbocycles. The molecule has 4 rings (SSSR count). The van der Waals surface area contributed by atoms with Crippen LogP contribution in [0, 0.1) is 17.6 Å². The van der Waals surface area contributed by atoms with E-state index >= 15 is 0 Å². The van der Waals surface area contributed by atoms with Gasteiger partial charge in [-0.25, -0.2) is 8.78 Å². The standard InChI is InChI=1S/C27H27F2NO2/c28-23-11-9-20(10-12-23)27(31)21-13-15-30(16-14-21)17-18-32-19-22-5-1-2-6-24(22)25-7-3-4-8-26(25)29/h1-12,21H,13-19H2. The van der Waals surface area contributed by atoms with Gasteiger partial charge in [0.05, 0.1) is 13.2 Å².